The normalized spacial score (nSPS) is 15.4. The Labute approximate surface area is 152 Å². The Hall–Kier alpha value is -2.53. The van der Waals surface area contributed by atoms with Gasteiger partial charge in [0.1, 0.15) is 5.54 Å². The summed E-state index contributed by atoms with van der Waals surface area (Å²) in [5.74, 6) is -0.398. The zero-order valence-electron chi connectivity index (χ0n) is 14.4. The smallest absolute Gasteiger partial charge is 0.250 e. The van der Waals surface area contributed by atoms with Crippen molar-refractivity contribution < 1.29 is 9.59 Å². The van der Waals surface area contributed by atoms with Crippen molar-refractivity contribution in [2.75, 3.05) is 22.1 Å². The predicted molar refractivity (Wildman–Crippen MR) is 101 cm³/mol. The van der Waals surface area contributed by atoms with Gasteiger partial charge in [-0.15, -0.1) is 0 Å². The van der Waals surface area contributed by atoms with Crippen molar-refractivity contribution in [2.45, 2.75) is 26.3 Å². The van der Waals surface area contributed by atoms with Crippen LogP contribution in [0.4, 0.5) is 17.1 Å². The fourth-order valence-electron chi connectivity index (χ4n) is 2.93. The van der Waals surface area contributed by atoms with Crippen LogP contribution in [-0.4, -0.2) is 23.9 Å². The van der Waals surface area contributed by atoms with Gasteiger partial charge in [-0.3, -0.25) is 14.5 Å². The van der Waals surface area contributed by atoms with Gasteiger partial charge in [-0.2, -0.15) is 0 Å². The lowest BCUT2D eigenvalue weighted by atomic mass is 9.96. The molecule has 3 rings (SSSR count). The van der Waals surface area contributed by atoms with Gasteiger partial charge in [-0.1, -0.05) is 29.8 Å². The molecule has 0 fully saturated rings. The lowest BCUT2D eigenvalue weighted by Gasteiger charge is -2.42. The number of nitrogens with one attached hydrogen (secondary N) is 2. The van der Waals surface area contributed by atoms with E-state index in [4.69, 9.17) is 11.6 Å². The number of rotatable bonds is 3. The number of hydrogen-bond acceptors (Lipinski definition) is 3. The van der Waals surface area contributed by atoms with E-state index in [2.05, 4.69) is 10.6 Å². The molecule has 0 bridgehead atoms. The molecule has 0 atom stereocenters. The van der Waals surface area contributed by atoms with Crippen molar-refractivity contribution in [1.82, 2.24) is 0 Å². The number of carbonyl (C=O) groups excluding carboxylic acids is 2. The Morgan fingerprint density at radius 3 is 2.72 bits per heavy atom. The number of para-hydroxylation sites is 2. The number of hydrogen-bond donors (Lipinski definition) is 2. The van der Waals surface area contributed by atoms with Gasteiger partial charge in [0.25, 0.3) is 0 Å². The molecule has 1 aliphatic heterocycles. The lowest BCUT2D eigenvalue weighted by molar-refractivity contribution is -0.125. The van der Waals surface area contributed by atoms with Crippen LogP contribution in [0.25, 0.3) is 0 Å². The minimum atomic E-state index is -0.976. The molecule has 1 aliphatic rings. The first kappa shape index (κ1) is 17.3. The average molecular weight is 358 g/mol. The van der Waals surface area contributed by atoms with Crippen LogP contribution in [0.5, 0.6) is 0 Å². The van der Waals surface area contributed by atoms with E-state index in [1.165, 1.54) is 0 Å². The maximum absolute atomic E-state index is 12.9. The van der Waals surface area contributed by atoms with E-state index in [-0.39, 0.29) is 18.4 Å². The Kier molecular flexibility index (Phi) is 4.43. The molecular weight excluding hydrogens is 338 g/mol. The first-order chi connectivity index (χ1) is 11.8. The van der Waals surface area contributed by atoms with E-state index >= 15 is 0 Å². The van der Waals surface area contributed by atoms with Crippen molar-refractivity contribution in [2.24, 2.45) is 0 Å². The second-order valence-electron chi connectivity index (χ2n) is 6.57. The van der Waals surface area contributed by atoms with Gasteiger partial charge < -0.3 is 10.6 Å². The third-order valence-corrected chi connectivity index (χ3v) is 4.62. The topological polar surface area (TPSA) is 61.4 Å². The molecule has 130 valence electrons. The van der Waals surface area contributed by atoms with Gasteiger partial charge >= 0.3 is 0 Å². The number of carbonyl (C=O) groups is 2. The van der Waals surface area contributed by atoms with Crippen molar-refractivity contribution in [3.8, 4) is 0 Å². The summed E-state index contributed by atoms with van der Waals surface area (Å²) in [5.41, 5.74) is 2.15. The highest BCUT2D eigenvalue weighted by molar-refractivity contribution is 6.30. The van der Waals surface area contributed by atoms with Crippen LogP contribution >= 0.6 is 11.6 Å². The summed E-state index contributed by atoms with van der Waals surface area (Å²) in [6.45, 7) is 5.48. The van der Waals surface area contributed by atoms with Crippen molar-refractivity contribution in [3.05, 3.63) is 53.1 Å². The molecular formula is C19H20ClN3O2. The van der Waals surface area contributed by atoms with E-state index in [1.807, 2.05) is 31.2 Å². The molecule has 6 heteroatoms. The summed E-state index contributed by atoms with van der Waals surface area (Å²) in [7, 11) is 0. The zero-order chi connectivity index (χ0) is 18.2. The molecule has 0 aromatic heterocycles. The van der Waals surface area contributed by atoms with E-state index in [9.17, 15) is 9.59 Å². The number of nitrogens with zero attached hydrogens (tertiary/aromatic N) is 1. The minimum Gasteiger partial charge on any atom is -0.376 e. The summed E-state index contributed by atoms with van der Waals surface area (Å²) < 4.78 is 0. The first-order valence-corrected chi connectivity index (χ1v) is 8.42. The highest BCUT2D eigenvalue weighted by atomic mass is 35.5. The second kappa shape index (κ2) is 6.41. The Morgan fingerprint density at radius 1 is 1.24 bits per heavy atom. The molecule has 1 heterocycles. The highest BCUT2D eigenvalue weighted by Crippen LogP contribution is 2.36. The Bertz CT molecular complexity index is 848. The molecule has 0 spiro atoms. The summed E-state index contributed by atoms with van der Waals surface area (Å²) >= 11 is 6.02. The molecule has 0 aliphatic carbocycles. The Morgan fingerprint density at radius 2 is 1.96 bits per heavy atom. The number of anilines is 3. The van der Waals surface area contributed by atoms with Crippen LogP contribution in [-0.2, 0) is 9.59 Å². The van der Waals surface area contributed by atoms with Gasteiger partial charge in [0, 0.05) is 10.7 Å². The summed E-state index contributed by atoms with van der Waals surface area (Å²) in [5, 5.41) is 6.58. The predicted octanol–water partition coefficient (Wildman–Crippen LogP) is 3.82. The van der Waals surface area contributed by atoms with Crippen molar-refractivity contribution in [3.63, 3.8) is 0 Å². The number of fused-ring (bicyclic) bond motifs is 1. The van der Waals surface area contributed by atoms with E-state index in [0.29, 0.717) is 16.4 Å². The average Bonchev–Trinajstić information content (AvgIpc) is 2.56. The van der Waals surface area contributed by atoms with Gasteiger partial charge in [-0.25, -0.2) is 0 Å². The Balaban J connectivity index is 1.87. The molecule has 0 saturated heterocycles. The van der Waals surface area contributed by atoms with Crippen LogP contribution in [0, 0.1) is 6.92 Å². The molecule has 0 radical (unpaired) electrons. The number of amides is 2. The molecule has 2 aromatic carbocycles. The fraction of sp³-hybridized carbons (Fsp3) is 0.263. The number of aryl methyl sites for hydroxylation is 1. The third kappa shape index (κ3) is 3.20. The van der Waals surface area contributed by atoms with E-state index in [1.54, 1.807) is 36.9 Å². The molecule has 25 heavy (non-hydrogen) atoms. The lowest BCUT2D eigenvalue weighted by Crippen LogP contribution is -2.59. The van der Waals surface area contributed by atoms with Gasteiger partial charge in [-0.05, 0) is 50.6 Å². The van der Waals surface area contributed by atoms with Crippen LogP contribution in [0.2, 0.25) is 5.02 Å². The van der Waals surface area contributed by atoms with E-state index in [0.717, 1.165) is 11.3 Å². The van der Waals surface area contributed by atoms with Crippen LogP contribution < -0.4 is 15.5 Å². The molecule has 0 unspecified atom stereocenters. The quantitative estimate of drug-likeness (QED) is 0.877. The van der Waals surface area contributed by atoms with Crippen molar-refractivity contribution in [1.29, 1.82) is 0 Å². The largest absolute Gasteiger partial charge is 0.376 e. The molecule has 2 N–H and O–H groups in total. The monoisotopic (exact) mass is 357 g/mol. The zero-order valence-corrected chi connectivity index (χ0v) is 15.1. The molecule has 5 nitrogen and oxygen atoms in total. The van der Waals surface area contributed by atoms with Gasteiger partial charge in [0.15, 0.2) is 0 Å². The maximum Gasteiger partial charge on any atom is 0.250 e. The molecule has 0 saturated carbocycles. The summed E-state index contributed by atoms with van der Waals surface area (Å²) in [4.78, 5) is 26.9. The van der Waals surface area contributed by atoms with E-state index < -0.39 is 5.54 Å². The summed E-state index contributed by atoms with van der Waals surface area (Å²) in [6, 6.07) is 12.8. The minimum absolute atomic E-state index is 0.0617. The van der Waals surface area contributed by atoms with Crippen molar-refractivity contribution >= 4 is 40.5 Å². The fourth-order valence-corrected chi connectivity index (χ4v) is 3.11. The van der Waals surface area contributed by atoms with Crippen LogP contribution in [0.15, 0.2) is 42.5 Å². The van der Waals surface area contributed by atoms with Gasteiger partial charge in [0.05, 0.1) is 17.9 Å². The summed E-state index contributed by atoms with van der Waals surface area (Å²) in [6.07, 6.45) is 0. The third-order valence-electron chi connectivity index (χ3n) is 4.39. The van der Waals surface area contributed by atoms with Crippen LogP contribution in [0.3, 0.4) is 0 Å². The number of halogens is 1. The second-order valence-corrected chi connectivity index (χ2v) is 7.01. The van der Waals surface area contributed by atoms with Gasteiger partial charge in [0.2, 0.25) is 11.8 Å². The molecule has 2 amide bonds. The highest BCUT2D eigenvalue weighted by Gasteiger charge is 2.43. The maximum atomic E-state index is 12.9. The standard InChI is InChI=1S/C19H20ClN3O2/c1-12-8-9-13(20)10-15(12)21-11-17(24)23-16-7-5-4-6-14(16)22-18(25)19(23,2)3/h4-10,21H,11H2,1-3H3,(H,22,25). The van der Waals surface area contributed by atoms with Crippen LogP contribution in [0.1, 0.15) is 19.4 Å². The first-order valence-electron chi connectivity index (χ1n) is 8.04. The number of benzene rings is 2. The molecule has 2 aromatic rings. The SMILES string of the molecule is Cc1ccc(Cl)cc1NCC(=O)N1c2ccccc2NC(=O)C1(C)C.